The third kappa shape index (κ3) is 7.84. The first-order chi connectivity index (χ1) is 17.4. The molecule has 0 saturated heterocycles. The topological polar surface area (TPSA) is 12.0 Å². The fraction of sp³-hybridized carbons (Fsp3) is 0.200. The minimum absolute atomic E-state index is 0.0195. The van der Waals surface area contributed by atoms with Gasteiger partial charge in [-0.3, -0.25) is 0 Å². The van der Waals surface area contributed by atoms with Crippen molar-refractivity contribution >= 4 is 29.2 Å². The minimum atomic E-state index is -4.34. The Hall–Kier alpha value is -2.83. The Kier molecular flexibility index (Phi) is 9.05. The molecular weight excluding hydrogens is 495 g/mol. The van der Waals surface area contributed by atoms with Crippen molar-refractivity contribution in [1.82, 2.24) is 0 Å². The molecule has 1 N–H and O–H groups in total. The van der Waals surface area contributed by atoms with E-state index in [4.69, 9.17) is 0 Å². The smallest absolute Gasteiger partial charge is 0.384 e. The van der Waals surface area contributed by atoms with E-state index in [2.05, 4.69) is 41.7 Å². The van der Waals surface area contributed by atoms with Gasteiger partial charge < -0.3 is 5.32 Å². The molecular formula is C30H28F3NS2. The third-order valence-corrected chi connectivity index (χ3v) is 8.39. The summed E-state index contributed by atoms with van der Waals surface area (Å²) in [6, 6.07) is 34.3. The van der Waals surface area contributed by atoms with Crippen LogP contribution in [0.4, 0.5) is 18.9 Å². The van der Waals surface area contributed by atoms with E-state index in [1.807, 2.05) is 55.5 Å². The van der Waals surface area contributed by atoms with Crippen LogP contribution in [0.5, 0.6) is 0 Å². The van der Waals surface area contributed by atoms with Crippen molar-refractivity contribution in [3.8, 4) is 0 Å². The predicted molar refractivity (Wildman–Crippen MR) is 147 cm³/mol. The summed E-state index contributed by atoms with van der Waals surface area (Å²) in [4.78, 5) is 2.34. The maximum atomic E-state index is 13.2. The van der Waals surface area contributed by atoms with Crippen molar-refractivity contribution in [3.63, 3.8) is 0 Å². The summed E-state index contributed by atoms with van der Waals surface area (Å²) in [6.07, 6.45) is -3.56. The van der Waals surface area contributed by atoms with Crippen molar-refractivity contribution in [1.29, 1.82) is 0 Å². The van der Waals surface area contributed by atoms with Gasteiger partial charge in [0.25, 0.3) is 0 Å². The van der Waals surface area contributed by atoms with Crippen LogP contribution in [-0.4, -0.2) is 11.1 Å². The molecule has 0 fully saturated rings. The van der Waals surface area contributed by atoms with Crippen LogP contribution < -0.4 is 5.32 Å². The molecule has 1 nitrogen and oxygen atoms in total. The SMILES string of the molecule is Cc1ccc(NCC(CC(Sc2ccccc2)Sc2ccccc2)c2ccc(C(F)(F)F)cc2)cc1. The molecule has 4 aromatic carbocycles. The van der Waals surface area contributed by atoms with Gasteiger partial charge in [0.1, 0.15) is 0 Å². The first-order valence-electron chi connectivity index (χ1n) is 11.8. The number of halogens is 3. The Morgan fingerprint density at radius 3 is 1.72 bits per heavy atom. The van der Waals surface area contributed by atoms with Gasteiger partial charge in [0.2, 0.25) is 0 Å². The van der Waals surface area contributed by atoms with Gasteiger partial charge in [-0.05, 0) is 67.4 Å². The van der Waals surface area contributed by atoms with Crippen LogP contribution in [0.1, 0.15) is 29.0 Å². The number of alkyl halides is 3. The molecule has 0 saturated carbocycles. The van der Waals surface area contributed by atoms with E-state index in [0.717, 1.165) is 17.7 Å². The molecule has 4 aromatic rings. The number of hydrogen-bond donors (Lipinski definition) is 1. The number of benzene rings is 4. The first kappa shape index (κ1) is 26.2. The molecule has 0 amide bonds. The van der Waals surface area contributed by atoms with Crippen molar-refractivity contribution < 1.29 is 13.2 Å². The van der Waals surface area contributed by atoms with Crippen LogP contribution in [0.3, 0.4) is 0 Å². The highest BCUT2D eigenvalue weighted by Crippen LogP contribution is 2.41. The summed E-state index contributed by atoms with van der Waals surface area (Å²) in [7, 11) is 0. The van der Waals surface area contributed by atoms with Gasteiger partial charge in [-0.25, -0.2) is 0 Å². The molecule has 0 aromatic heterocycles. The second-order valence-corrected chi connectivity index (χ2v) is 11.4. The average Bonchev–Trinajstić information content (AvgIpc) is 2.88. The van der Waals surface area contributed by atoms with Gasteiger partial charge in [0.15, 0.2) is 0 Å². The molecule has 36 heavy (non-hydrogen) atoms. The molecule has 0 spiro atoms. The number of aryl methyl sites for hydroxylation is 1. The van der Waals surface area contributed by atoms with Crippen LogP contribution in [0.2, 0.25) is 0 Å². The van der Waals surface area contributed by atoms with Crippen LogP contribution in [0.15, 0.2) is 119 Å². The lowest BCUT2D eigenvalue weighted by Crippen LogP contribution is -2.17. The van der Waals surface area contributed by atoms with Crippen molar-refractivity contribution in [2.24, 2.45) is 0 Å². The highest BCUT2D eigenvalue weighted by atomic mass is 32.2. The fourth-order valence-corrected chi connectivity index (χ4v) is 6.60. The van der Waals surface area contributed by atoms with Gasteiger partial charge >= 0.3 is 6.18 Å². The quantitative estimate of drug-likeness (QED) is 0.164. The van der Waals surface area contributed by atoms with Crippen LogP contribution >= 0.6 is 23.5 Å². The van der Waals surface area contributed by atoms with Gasteiger partial charge in [0, 0.05) is 27.9 Å². The second-order valence-electron chi connectivity index (χ2n) is 8.59. The Balaban J connectivity index is 1.59. The van der Waals surface area contributed by atoms with Crippen molar-refractivity contribution in [2.45, 2.75) is 39.8 Å². The lowest BCUT2D eigenvalue weighted by Gasteiger charge is -2.25. The predicted octanol–water partition coefficient (Wildman–Crippen LogP) is 9.51. The number of thioether (sulfide) groups is 2. The number of rotatable bonds is 10. The van der Waals surface area contributed by atoms with Gasteiger partial charge in [-0.1, -0.05) is 66.2 Å². The average molecular weight is 524 g/mol. The molecule has 0 heterocycles. The summed E-state index contributed by atoms with van der Waals surface area (Å²) in [5, 5.41) is 3.51. The fourth-order valence-electron chi connectivity index (χ4n) is 3.85. The van der Waals surface area contributed by atoms with Crippen LogP contribution in [0.25, 0.3) is 0 Å². The summed E-state index contributed by atoms with van der Waals surface area (Å²) in [5.74, 6) is 0.0195. The zero-order chi connectivity index (χ0) is 25.4. The van der Waals surface area contributed by atoms with E-state index >= 15 is 0 Å². The molecule has 0 bridgehead atoms. The van der Waals surface area contributed by atoms with Crippen LogP contribution in [-0.2, 0) is 6.18 Å². The maximum Gasteiger partial charge on any atom is 0.416 e. The Bertz CT molecular complexity index is 1150. The first-order valence-corrected chi connectivity index (χ1v) is 13.5. The summed E-state index contributed by atoms with van der Waals surface area (Å²) >= 11 is 3.59. The lowest BCUT2D eigenvalue weighted by molar-refractivity contribution is -0.137. The zero-order valence-corrected chi connectivity index (χ0v) is 21.5. The third-order valence-electron chi connectivity index (χ3n) is 5.81. The zero-order valence-electron chi connectivity index (χ0n) is 19.9. The molecule has 1 atom stereocenters. The summed E-state index contributed by atoms with van der Waals surface area (Å²) in [6.45, 7) is 2.66. The molecule has 1 unspecified atom stereocenters. The molecule has 0 radical (unpaired) electrons. The lowest BCUT2D eigenvalue weighted by atomic mass is 9.95. The molecule has 0 aliphatic carbocycles. The van der Waals surface area contributed by atoms with E-state index in [1.54, 1.807) is 35.7 Å². The minimum Gasteiger partial charge on any atom is -0.384 e. The highest BCUT2D eigenvalue weighted by molar-refractivity contribution is 8.17. The van der Waals surface area contributed by atoms with E-state index in [9.17, 15) is 13.2 Å². The normalized spacial score (nSPS) is 12.5. The number of anilines is 1. The number of nitrogens with one attached hydrogen (secondary N) is 1. The second kappa shape index (κ2) is 12.4. The van der Waals surface area contributed by atoms with Gasteiger partial charge in [-0.15, -0.1) is 23.5 Å². The van der Waals surface area contributed by atoms with Crippen molar-refractivity contribution in [2.75, 3.05) is 11.9 Å². The van der Waals surface area contributed by atoms with Gasteiger partial charge in [0.05, 0.1) is 10.1 Å². The molecule has 186 valence electrons. The standard InChI is InChI=1S/C30H28F3NS2/c1-22-12-18-26(19-13-22)34-21-24(23-14-16-25(17-15-23)30(31,32)33)20-29(35-27-8-4-2-5-9-27)36-28-10-6-3-7-11-28/h2-19,24,29,34H,20-21H2,1H3. The van der Waals surface area contributed by atoms with E-state index in [0.29, 0.717) is 6.54 Å². The monoisotopic (exact) mass is 523 g/mol. The van der Waals surface area contributed by atoms with E-state index < -0.39 is 11.7 Å². The Labute approximate surface area is 219 Å². The van der Waals surface area contributed by atoms with E-state index in [1.165, 1.54) is 27.5 Å². The van der Waals surface area contributed by atoms with Crippen LogP contribution in [0, 0.1) is 6.92 Å². The Morgan fingerprint density at radius 2 is 1.22 bits per heavy atom. The molecule has 0 aliphatic heterocycles. The molecule has 4 rings (SSSR count). The highest BCUT2D eigenvalue weighted by Gasteiger charge is 2.30. The van der Waals surface area contributed by atoms with Gasteiger partial charge in [-0.2, -0.15) is 13.2 Å². The Morgan fingerprint density at radius 1 is 0.694 bits per heavy atom. The van der Waals surface area contributed by atoms with Crippen molar-refractivity contribution in [3.05, 3.63) is 126 Å². The maximum absolute atomic E-state index is 13.2. The molecule has 0 aliphatic rings. The molecule has 6 heteroatoms. The largest absolute Gasteiger partial charge is 0.416 e. The van der Waals surface area contributed by atoms with E-state index in [-0.39, 0.29) is 10.5 Å². The number of hydrogen-bond acceptors (Lipinski definition) is 3. The summed E-state index contributed by atoms with van der Waals surface area (Å²) < 4.78 is 39.8. The summed E-state index contributed by atoms with van der Waals surface area (Å²) in [5.41, 5.74) is 2.46.